The van der Waals surface area contributed by atoms with Crippen molar-refractivity contribution >= 4 is 24.0 Å². The molecule has 1 N–H and O–H groups in total. The van der Waals surface area contributed by atoms with Gasteiger partial charge in [0.2, 0.25) is 5.39 Å². The Kier molecular flexibility index (Phi) is 3.74. The van der Waals surface area contributed by atoms with Gasteiger partial charge < -0.3 is 10.5 Å². The molecule has 0 heterocycles. The summed E-state index contributed by atoms with van der Waals surface area (Å²) < 4.78 is 0. The fourth-order valence-electron chi connectivity index (χ4n) is 0.679. The lowest BCUT2D eigenvalue weighted by Gasteiger charge is -2.03. The van der Waals surface area contributed by atoms with E-state index in [9.17, 15) is 5.11 Å². The highest BCUT2D eigenvalue weighted by Gasteiger charge is 2.01. The van der Waals surface area contributed by atoms with Crippen LogP contribution in [0.4, 0.5) is 5.69 Å². The van der Waals surface area contributed by atoms with Crippen LogP contribution in [0.2, 0.25) is 0 Å². The number of hydrogen-bond donors (Lipinski definition) is 1. The average Bonchev–Trinajstić information content (AvgIpc) is 2.05. The van der Waals surface area contributed by atoms with E-state index in [0.29, 0.717) is 5.69 Å². The van der Waals surface area contributed by atoms with Crippen LogP contribution in [0, 0.1) is 10.8 Å². The number of hydrogen-bond acceptors (Lipinski definition) is 3. The van der Waals surface area contributed by atoms with Crippen molar-refractivity contribution in [1.29, 1.82) is 10.8 Å². The largest absolute Gasteiger partial charge is 0.859 e. The van der Waals surface area contributed by atoms with Gasteiger partial charge in [-0.1, -0.05) is 0 Å². The highest BCUT2D eigenvalue weighted by atomic mass is 35.5. The number of nitrogens with zero attached hydrogens (tertiary/aromatic N) is 2. The fourth-order valence-corrected chi connectivity index (χ4v) is 0.679. The molecule has 0 spiro atoms. The molecule has 0 amide bonds. The molecule has 0 aliphatic carbocycles. The topological polar surface area (TPSA) is 75.1 Å². The molecule has 5 heteroatoms. The van der Waals surface area contributed by atoms with Gasteiger partial charge >= 0.3 is 5.69 Å². The maximum Gasteiger partial charge on any atom is 0.385 e. The Morgan fingerprint density at radius 3 is 2.17 bits per heavy atom. The van der Waals surface area contributed by atoms with Crippen molar-refractivity contribution in [3.63, 3.8) is 0 Å². The van der Waals surface area contributed by atoms with E-state index in [4.69, 9.17) is 10.8 Å². The first-order valence-electron chi connectivity index (χ1n) is 2.95. The van der Waals surface area contributed by atoms with Crippen molar-refractivity contribution in [2.75, 3.05) is 0 Å². The number of benzene rings is 1. The van der Waals surface area contributed by atoms with Gasteiger partial charge in [-0.2, -0.15) is 0 Å². The van der Waals surface area contributed by atoms with Gasteiger partial charge in [-0.25, -0.2) is 0 Å². The molecule has 1 rings (SSSR count). The van der Waals surface area contributed by atoms with Crippen LogP contribution in [-0.4, -0.2) is 5.90 Å². The summed E-state index contributed by atoms with van der Waals surface area (Å²) in [6.07, 6.45) is 0. The molecule has 1 aromatic rings. The molecule has 4 nitrogen and oxygen atoms in total. The lowest BCUT2D eigenvalue weighted by Crippen LogP contribution is -2.16. The van der Waals surface area contributed by atoms with E-state index in [1.807, 2.05) is 0 Å². The highest BCUT2D eigenvalue weighted by Crippen LogP contribution is 2.11. The summed E-state index contributed by atoms with van der Waals surface area (Å²) >= 11 is 0. The van der Waals surface area contributed by atoms with E-state index in [2.05, 4.69) is 4.98 Å². The van der Waals surface area contributed by atoms with Crippen molar-refractivity contribution in [2.24, 2.45) is 0 Å². The molecule has 0 atom stereocenters. The predicted molar refractivity (Wildman–Crippen MR) is 45.3 cm³/mol. The van der Waals surface area contributed by atoms with Gasteiger partial charge in [0.05, 0.1) is 0 Å². The minimum absolute atomic E-state index is 0. The van der Waals surface area contributed by atoms with Crippen LogP contribution in [0.25, 0.3) is 4.98 Å². The van der Waals surface area contributed by atoms with E-state index < -0.39 is 5.90 Å². The molecule has 0 radical (unpaired) electrons. The van der Waals surface area contributed by atoms with Crippen LogP contribution in [0.15, 0.2) is 24.3 Å². The summed E-state index contributed by atoms with van der Waals surface area (Å²) in [5.74, 6) is -0.741. The quantitative estimate of drug-likeness (QED) is 0.405. The lowest BCUT2D eigenvalue weighted by molar-refractivity contribution is -0.214. The molecule has 62 valence electrons. The molecule has 0 saturated carbocycles. The Balaban J connectivity index is 0.00000121. The maximum atomic E-state index is 10.4. The second kappa shape index (κ2) is 4.31. The van der Waals surface area contributed by atoms with Crippen molar-refractivity contribution in [2.45, 2.75) is 0 Å². The van der Waals surface area contributed by atoms with Crippen molar-refractivity contribution in [3.05, 3.63) is 34.8 Å². The van der Waals surface area contributed by atoms with Crippen molar-refractivity contribution in [1.82, 2.24) is 0 Å². The Morgan fingerprint density at radius 2 is 1.83 bits per heavy atom. The van der Waals surface area contributed by atoms with Gasteiger partial charge in [-0.3, -0.25) is 0 Å². The molecular weight excluding hydrogens is 178 g/mol. The smallest absolute Gasteiger partial charge is 0.385 e. The number of rotatable bonds is 1. The Bertz CT molecular complexity index is 314. The Labute approximate surface area is 75.4 Å². The summed E-state index contributed by atoms with van der Waals surface area (Å²) in [5.41, 5.74) is 0.660. The van der Waals surface area contributed by atoms with Crippen molar-refractivity contribution < 1.29 is 5.11 Å². The molecule has 12 heavy (non-hydrogen) atoms. The second-order valence-electron chi connectivity index (χ2n) is 1.98. The summed E-state index contributed by atoms with van der Waals surface area (Å²) in [7, 11) is 0. The van der Waals surface area contributed by atoms with Crippen LogP contribution in [0.1, 0.15) is 5.56 Å². The Morgan fingerprint density at radius 1 is 1.33 bits per heavy atom. The van der Waals surface area contributed by atoms with Crippen LogP contribution in [-0.2, 0) is 0 Å². The molecule has 0 aliphatic heterocycles. The maximum absolute atomic E-state index is 10.4. The number of halogens is 1. The standard InChI is InChI=1S/C7H5N3O.ClH/c8-7(11)5-1-3-6(10-9)4-2-5;/h1-4H,(H-,8,11);1H. The molecule has 1 aromatic carbocycles. The normalized spacial score (nSPS) is 7.92. The van der Waals surface area contributed by atoms with Crippen LogP contribution >= 0.6 is 12.4 Å². The Hall–Kier alpha value is -1.60. The third-order valence-corrected chi connectivity index (χ3v) is 1.24. The van der Waals surface area contributed by atoms with E-state index in [1.165, 1.54) is 24.3 Å². The molecule has 0 aliphatic rings. The zero-order valence-corrected chi connectivity index (χ0v) is 6.84. The summed E-state index contributed by atoms with van der Waals surface area (Å²) in [6, 6.07) is 5.79. The summed E-state index contributed by atoms with van der Waals surface area (Å²) in [4.78, 5) is 2.90. The zero-order valence-electron chi connectivity index (χ0n) is 6.02. The monoisotopic (exact) mass is 183 g/mol. The summed E-state index contributed by atoms with van der Waals surface area (Å²) in [6.45, 7) is 0. The average molecular weight is 184 g/mol. The molecule has 0 fully saturated rings. The molecule has 0 aromatic heterocycles. The van der Waals surface area contributed by atoms with Gasteiger partial charge in [-0.15, -0.1) is 12.4 Å². The van der Waals surface area contributed by atoms with Crippen LogP contribution < -0.4 is 5.11 Å². The van der Waals surface area contributed by atoms with Crippen LogP contribution in [0.3, 0.4) is 0 Å². The first-order chi connectivity index (χ1) is 5.24. The lowest BCUT2D eigenvalue weighted by atomic mass is 10.2. The number of diazo groups is 1. The highest BCUT2D eigenvalue weighted by molar-refractivity contribution is 5.88. The first-order valence-corrected chi connectivity index (χ1v) is 2.95. The van der Waals surface area contributed by atoms with Gasteiger partial charge in [0, 0.05) is 12.1 Å². The second-order valence-corrected chi connectivity index (χ2v) is 1.98. The fraction of sp³-hybridized carbons (Fsp3) is 0. The molecular formula is C7H6ClN3O. The van der Waals surface area contributed by atoms with E-state index in [0.717, 1.165) is 0 Å². The minimum atomic E-state index is -0.741. The van der Waals surface area contributed by atoms with Gasteiger partial charge in [0.1, 0.15) is 0 Å². The van der Waals surface area contributed by atoms with E-state index >= 15 is 0 Å². The van der Waals surface area contributed by atoms with Crippen LogP contribution in [0.5, 0.6) is 0 Å². The first kappa shape index (κ1) is 10.4. The molecule has 0 bridgehead atoms. The number of nitrogens with one attached hydrogen (secondary N) is 1. The predicted octanol–water partition coefficient (Wildman–Crippen LogP) is 1.28. The van der Waals surface area contributed by atoms with E-state index in [1.54, 1.807) is 0 Å². The molecule has 0 saturated heterocycles. The van der Waals surface area contributed by atoms with E-state index in [-0.39, 0.29) is 18.0 Å². The minimum Gasteiger partial charge on any atom is -0.859 e. The zero-order chi connectivity index (χ0) is 8.27. The third-order valence-electron chi connectivity index (χ3n) is 1.24. The third kappa shape index (κ3) is 2.22. The summed E-state index contributed by atoms with van der Waals surface area (Å²) in [5, 5.41) is 25.4. The van der Waals surface area contributed by atoms with Gasteiger partial charge in [0.25, 0.3) is 0 Å². The van der Waals surface area contributed by atoms with Gasteiger partial charge in [0.15, 0.2) is 4.98 Å². The molecule has 0 unspecified atom stereocenters. The van der Waals surface area contributed by atoms with Crippen molar-refractivity contribution in [3.8, 4) is 0 Å². The van der Waals surface area contributed by atoms with Gasteiger partial charge in [-0.05, 0) is 23.6 Å². The SMILES string of the molecule is Cl.N#[N+]c1ccc(C(=N)[O-])cc1.